The van der Waals surface area contributed by atoms with Gasteiger partial charge in [-0.05, 0) is 12.0 Å². The fourth-order valence-corrected chi connectivity index (χ4v) is 1.74. The molecule has 18 heavy (non-hydrogen) atoms. The lowest BCUT2D eigenvalue weighted by molar-refractivity contribution is -0.148. The molecule has 2 unspecified atom stereocenters. The van der Waals surface area contributed by atoms with Crippen molar-refractivity contribution in [1.82, 2.24) is 0 Å². The Bertz CT molecular complexity index is 460. The van der Waals surface area contributed by atoms with Gasteiger partial charge in [-0.2, -0.15) is 0 Å². The molecule has 0 saturated carbocycles. The lowest BCUT2D eigenvalue weighted by Crippen LogP contribution is -2.27. The first-order valence-electron chi connectivity index (χ1n) is 5.31. The monoisotopic (exact) mass is 262 g/mol. The average molecular weight is 262 g/mol. The predicted molar refractivity (Wildman–Crippen MR) is 57.2 cm³/mol. The van der Waals surface area contributed by atoms with E-state index >= 15 is 0 Å². The van der Waals surface area contributed by atoms with Crippen LogP contribution in [0.4, 0.5) is 13.2 Å². The van der Waals surface area contributed by atoms with Crippen molar-refractivity contribution in [3.8, 4) is 0 Å². The Labute approximate surface area is 102 Å². The third kappa shape index (κ3) is 2.81. The van der Waals surface area contributed by atoms with Crippen LogP contribution in [0.5, 0.6) is 0 Å². The molecule has 0 aliphatic carbocycles. The van der Waals surface area contributed by atoms with Gasteiger partial charge in [-0.1, -0.05) is 13.8 Å². The second-order valence-corrected chi connectivity index (χ2v) is 4.34. The minimum Gasteiger partial charge on any atom is -0.481 e. The van der Waals surface area contributed by atoms with Gasteiger partial charge in [-0.15, -0.1) is 0 Å². The Morgan fingerprint density at radius 1 is 1.11 bits per heavy atom. The van der Waals surface area contributed by atoms with Gasteiger partial charge in [0.15, 0.2) is 11.6 Å². The summed E-state index contributed by atoms with van der Waals surface area (Å²) in [7, 11) is 0. The Hall–Kier alpha value is -1.56. The summed E-state index contributed by atoms with van der Waals surface area (Å²) in [5.41, 5.74) is -0.560. The van der Waals surface area contributed by atoms with E-state index < -0.39 is 46.9 Å². The molecule has 0 fully saturated rings. The van der Waals surface area contributed by atoms with E-state index in [1.54, 1.807) is 0 Å². The lowest BCUT2D eigenvalue weighted by atomic mass is 9.86. The topological polar surface area (TPSA) is 57.5 Å². The number of hydrogen-bond donors (Lipinski definition) is 2. The predicted octanol–water partition coefficient (Wildman–Crippen LogP) is 2.49. The largest absolute Gasteiger partial charge is 0.481 e. The molecule has 2 atom stereocenters. The van der Waals surface area contributed by atoms with Gasteiger partial charge < -0.3 is 10.2 Å². The van der Waals surface area contributed by atoms with Gasteiger partial charge in [-0.3, -0.25) is 4.79 Å². The number of halogens is 3. The van der Waals surface area contributed by atoms with Crippen molar-refractivity contribution in [2.45, 2.75) is 20.0 Å². The third-order valence-corrected chi connectivity index (χ3v) is 2.70. The van der Waals surface area contributed by atoms with Crippen LogP contribution in [0.3, 0.4) is 0 Å². The van der Waals surface area contributed by atoms with Gasteiger partial charge in [0.1, 0.15) is 5.82 Å². The van der Waals surface area contributed by atoms with Gasteiger partial charge >= 0.3 is 5.97 Å². The molecule has 6 heteroatoms. The zero-order valence-corrected chi connectivity index (χ0v) is 9.82. The van der Waals surface area contributed by atoms with Crippen LogP contribution >= 0.6 is 0 Å². The summed E-state index contributed by atoms with van der Waals surface area (Å²) in [6.07, 6.45) is -1.74. The highest BCUT2D eigenvalue weighted by molar-refractivity contribution is 5.71. The van der Waals surface area contributed by atoms with E-state index in [1.807, 2.05) is 0 Å². The minimum absolute atomic E-state index is 0.285. The second-order valence-electron chi connectivity index (χ2n) is 4.34. The molecule has 0 aromatic heterocycles. The molecule has 1 rings (SSSR count). The maximum atomic E-state index is 13.4. The van der Waals surface area contributed by atoms with Crippen molar-refractivity contribution in [2.75, 3.05) is 0 Å². The van der Waals surface area contributed by atoms with E-state index in [-0.39, 0.29) is 6.07 Å². The molecule has 100 valence electrons. The van der Waals surface area contributed by atoms with Crippen LogP contribution in [0.15, 0.2) is 12.1 Å². The van der Waals surface area contributed by atoms with Gasteiger partial charge in [0, 0.05) is 11.6 Å². The van der Waals surface area contributed by atoms with Crippen LogP contribution < -0.4 is 0 Å². The molecule has 3 nitrogen and oxygen atoms in total. The summed E-state index contributed by atoms with van der Waals surface area (Å²) in [6.45, 7) is 3.06. The Morgan fingerprint density at radius 2 is 1.61 bits per heavy atom. The first-order valence-corrected chi connectivity index (χ1v) is 5.31. The van der Waals surface area contributed by atoms with E-state index in [1.165, 1.54) is 13.8 Å². The number of aliphatic hydroxyl groups is 1. The van der Waals surface area contributed by atoms with Crippen LogP contribution in [0, 0.1) is 29.3 Å². The Morgan fingerprint density at radius 3 is 2.06 bits per heavy atom. The average Bonchev–Trinajstić information content (AvgIpc) is 2.22. The quantitative estimate of drug-likeness (QED) is 0.820. The van der Waals surface area contributed by atoms with Gasteiger partial charge in [0.25, 0.3) is 0 Å². The lowest BCUT2D eigenvalue weighted by Gasteiger charge is -2.23. The molecule has 0 saturated heterocycles. The van der Waals surface area contributed by atoms with Crippen molar-refractivity contribution in [1.29, 1.82) is 0 Å². The van der Waals surface area contributed by atoms with Crippen LogP contribution in [0.25, 0.3) is 0 Å². The van der Waals surface area contributed by atoms with Gasteiger partial charge in [-0.25, -0.2) is 13.2 Å². The zero-order valence-electron chi connectivity index (χ0n) is 9.82. The maximum Gasteiger partial charge on any atom is 0.309 e. The molecule has 0 heterocycles. The molecule has 1 aromatic rings. The van der Waals surface area contributed by atoms with E-state index in [2.05, 4.69) is 0 Å². The zero-order chi connectivity index (χ0) is 14.0. The number of aliphatic carboxylic acids is 1. The smallest absolute Gasteiger partial charge is 0.309 e. The van der Waals surface area contributed by atoms with Crippen LogP contribution in [0.1, 0.15) is 25.5 Å². The molecule has 2 N–H and O–H groups in total. The van der Waals surface area contributed by atoms with E-state index in [0.717, 1.165) is 0 Å². The van der Waals surface area contributed by atoms with Crippen LogP contribution in [0.2, 0.25) is 0 Å². The van der Waals surface area contributed by atoms with Gasteiger partial charge in [0.05, 0.1) is 12.0 Å². The molecule has 0 amide bonds. The Balaban J connectivity index is 3.20. The number of benzene rings is 1. The van der Waals surface area contributed by atoms with Crippen molar-refractivity contribution in [2.24, 2.45) is 11.8 Å². The molecule has 0 aliphatic rings. The van der Waals surface area contributed by atoms with Crippen molar-refractivity contribution in [3.05, 3.63) is 35.1 Å². The molecular formula is C12H13F3O3. The molecule has 0 spiro atoms. The summed E-state index contributed by atoms with van der Waals surface area (Å²) >= 11 is 0. The maximum absolute atomic E-state index is 13.4. The third-order valence-electron chi connectivity index (χ3n) is 2.70. The van der Waals surface area contributed by atoms with Crippen molar-refractivity contribution < 1.29 is 28.2 Å². The summed E-state index contributed by atoms with van der Waals surface area (Å²) in [5.74, 6) is -7.03. The van der Waals surface area contributed by atoms with E-state index in [9.17, 15) is 23.1 Å². The summed E-state index contributed by atoms with van der Waals surface area (Å²) < 4.78 is 39.1. The van der Waals surface area contributed by atoms with E-state index in [0.29, 0.717) is 6.07 Å². The van der Waals surface area contributed by atoms with E-state index in [4.69, 9.17) is 5.11 Å². The Kier molecular flexibility index (Phi) is 4.34. The summed E-state index contributed by atoms with van der Waals surface area (Å²) in [5, 5.41) is 18.7. The normalized spacial score (nSPS) is 14.6. The fourth-order valence-electron chi connectivity index (χ4n) is 1.74. The summed E-state index contributed by atoms with van der Waals surface area (Å²) in [6, 6.07) is 0.765. The highest BCUT2D eigenvalue weighted by atomic mass is 19.2. The standard InChI is InChI=1S/C12H13F3O3/c1-5(2)10(12(17)18)11(16)6-3-8(14)9(15)4-7(6)13/h3-5,10-11,16H,1-2H3,(H,17,18). The number of carboxylic acids is 1. The first-order chi connectivity index (χ1) is 8.25. The van der Waals surface area contributed by atoms with Gasteiger partial charge in [0.2, 0.25) is 0 Å². The number of rotatable bonds is 4. The van der Waals surface area contributed by atoms with Crippen LogP contribution in [-0.4, -0.2) is 16.2 Å². The molecule has 0 bridgehead atoms. The van der Waals surface area contributed by atoms with Crippen molar-refractivity contribution >= 4 is 5.97 Å². The molecule has 0 radical (unpaired) electrons. The highest BCUT2D eigenvalue weighted by Crippen LogP contribution is 2.31. The summed E-state index contributed by atoms with van der Waals surface area (Å²) in [4.78, 5) is 11.0. The number of carboxylic acid groups (broad SMARTS) is 1. The van der Waals surface area contributed by atoms with Crippen molar-refractivity contribution in [3.63, 3.8) is 0 Å². The second kappa shape index (κ2) is 5.39. The SMILES string of the molecule is CC(C)C(C(=O)O)C(O)c1cc(F)c(F)cc1F. The molecular weight excluding hydrogens is 249 g/mol. The number of hydrogen-bond acceptors (Lipinski definition) is 2. The first kappa shape index (κ1) is 14.5. The number of carbonyl (C=O) groups is 1. The minimum atomic E-state index is -1.74. The molecule has 1 aromatic carbocycles. The molecule has 0 aliphatic heterocycles. The fraction of sp³-hybridized carbons (Fsp3) is 0.417. The number of aliphatic hydroxyl groups excluding tert-OH is 1. The highest BCUT2D eigenvalue weighted by Gasteiger charge is 2.33. The van der Waals surface area contributed by atoms with Crippen LogP contribution in [-0.2, 0) is 4.79 Å².